The maximum absolute atomic E-state index is 11.5. The predicted octanol–water partition coefficient (Wildman–Crippen LogP) is 3.26. The lowest BCUT2D eigenvalue weighted by atomic mass is 9.86. The van der Waals surface area contributed by atoms with Crippen LogP contribution in [0.15, 0.2) is 42.7 Å². The molecule has 3 aromatic rings. The van der Waals surface area contributed by atoms with Crippen LogP contribution in [0.2, 0.25) is 0 Å². The van der Waals surface area contributed by atoms with Gasteiger partial charge in [-0.2, -0.15) is 13.5 Å². The first-order valence-electron chi connectivity index (χ1n) is 10.3. The molecule has 1 atom stereocenters. The second kappa shape index (κ2) is 9.70. The summed E-state index contributed by atoms with van der Waals surface area (Å²) in [6, 6.07) is 9.81. The number of rotatable bonds is 4. The Labute approximate surface area is 194 Å². The first-order valence-corrected chi connectivity index (χ1v) is 10.3. The SMILES string of the molecule is CC(C)(C)c1ccc(-c2cc3nccnc3c(OC[C@@H]3CN(C(N)=O)CCO3)n2)cc1.S. The summed E-state index contributed by atoms with van der Waals surface area (Å²) in [5, 5.41) is 0. The van der Waals surface area contributed by atoms with Crippen molar-refractivity contribution in [3.63, 3.8) is 0 Å². The molecule has 0 unspecified atom stereocenters. The molecule has 1 saturated heterocycles. The van der Waals surface area contributed by atoms with Gasteiger partial charge < -0.3 is 20.1 Å². The van der Waals surface area contributed by atoms with Gasteiger partial charge in [0, 0.05) is 24.5 Å². The maximum atomic E-state index is 11.5. The number of benzene rings is 1. The zero-order chi connectivity index (χ0) is 22.0. The van der Waals surface area contributed by atoms with Crippen LogP contribution in [0.4, 0.5) is 4.79 Å². The van der Waals surface area contributed by atoms with Crippen LogP contribution in [-0.2, 0) is 10.2 Å². The maximum Gasteiger partial charge on any atom is 0.314 e. The van der Waals surface area contributed by atoms with E-state index in [9.17, 15) is 4.79 Å². The third-order valence-corrected chi connectivity index (χ3v) is 5.33. The Morgan fingerprint density at radius 3 is 2.62 bits per heavy atom. The summed E-state index contributed by atoms with van der Waals surface area (Å²) >= 11 is 0. The van der Waals surface area contributed by atoms with Crippen molar-refractivity contribution in [1.82, 2.24) is 19.9 Å². The minimum atomic E-state index is -0.455. The van der Waals surface area contributed by atoms with Crippen LogP contribution in [0, 0.1) is 0 Å². The number of primary amides is 1. The highest BCUT2D eigenvalue weighted by Crippen LogP contribution is 2.29. The first kappa shape index (κ1) is 23.7. The number of nitrogens with two attached hydrogens (primary N) is 1. The minimum Gasteiger partial charge on any atom is -0.473 e. The Hall–Kier alpha value is -2.91. The van der Waals surface area contributed by atoms with Gasteiger partial charge in [-0.1, -0.05) is 45.0 Å². The Kier molecular flexibility index (Phi) is 7.20. The molecule has 3 heterocycles. The van der Waals surface area contributed by atoms with E-state index in [-0.39, 0.29) is 31.6 Å². The summed E-state index contributed by atoms with van der Waals surface area (Å²) in [6.45, 7) is 8.07. The second-order valence-electron chi connectivity index (χ2n) is 8.65. The Morgan fingerprint density at radius 2 is 1.94 bits per heavy atom. The molecule has 1 aliphatic rings. The third-order valence-electron chi connectivity index (χ3n) is 5.33. The summed E-state index contributed by atoms with van der Waals surface area (Å²) in [5.74, 6) is 0.389. The topological polar surface area (TPSA) is 103 Å². The molecule has 1 aliphatic heterocycles. The van der Waals surface area contributed by atoms with Gasteiger partial charge in [0.05, 0.1) is 24.4 Å². The van der Waals surface area contributed by atoms with E-state index in [1.807, 2.05) is 6.07 Å². The number of carbonyl (C=O) groups excluding carboxylic acids is 1. The predicted molar refractivity (Wildman–Crippen MR) is 128 cm³/mol. The Bertz CT molecular complexity index is 1090. The molecule has 1 fully saturated rings. The average molecular weight is 456 g/mol. The highest BCUT2D eigenvalue weighted by Gasteiger charge is 2.24. The van der Waals surface area contributed by atoms with Crippen molar-refractivity contribution in [1.29, 1.82) is 0 Å². The van der Waals surface area contributed by atoms with Gasteiger partial charge in [-0.3, -0.25) is 4.98 Å². The van der Waals surface area contributed by atoms with E-state index in [0.717, 1.165) is 11.3 Å². The van der Waals surface area contributed by atoms with Crippen LogP contribution >= 0.6 is 13.5 Å². The molecule has 170 valence electrons. The number of pyridine rings is 1. The Balaban J connectivity index is 0.00000289. The molecule has 8 nitrogen and oxygen atoms in total. The van der Waals surface area contributed by atoms with Crippen molar-refractivity contribution in [2.45, 2.75) is 32.3 Å². The number of carbonyl (C=O) groups is 1. The molecule has 2 amide bonds. The van der Waals surface area contributed by atoms with E-state index in [0.29, 0.717) is 36.6 Å². The normalized spacial score (nSPS) is 16.5. The minimum absolute atomic E-state index is 0. The quantitative estimate of drug-likeness (QED) is 0.648. The van der Waals surface area contributed by atoms with Crippen molar-refractivity contribution < 1.29 is 14.3 Å². The van der Waals surface area contributed by atoms with Gasteiger partial charge in [0.2, 0.25) is 5.88 Å². The van der Waals surface area contributed by atoms with Gasteiger partial charge >= 0.3 is 6.03 Å². The van der Waals surface area contributed by atoms with E-state index >= 15 is 0 Å². The van der Waals surface area contributed by atoms with Crippen LogP contribution in [0.1, 0.15) is 26.3 Å². The number of fused-ring (bicyclic) bond motifs is 1. The molecule has 2 N–H and O–H groups in total. The van der Waals surface area contributed by atoms with E-state index in [1.54, 1.807) is 17.3 Å². The number of amides is 2. The zero-order valence-electron chi connectivity index (χ0n) is 18.5. The van der Waals surface area contributed by atoms with Crippen LogP contribution in [0.25, 0.3) is 22.3 Å². The van der Waals surface area contributed by atoms with Crippen LogP contribution in [-0.4, -0.2) is 58.3 Å². The molecule has 4 rings (SSSR count). The molecule has 0 bridgehead atoms. The molecule has 9 heteroatoms. The van der Waals surface area contributed by atoms with E-state index < -0.39 is 6.03 Å². The van der Waals surface area contributed by atoms with Crippen LogP contribution in [0.5, 0.6) is 5.88 Å². The lowest BCUT2D eigenvalue weighted by Gasteiger charge is -2.31. The van der Waals surface area contributed by atoms with Crippen molar-refractivity contribution >= 4 is 30.6 Å². The van der Waals surface area contributed by atoms with Gasteiger partial charge in [-0.25, -0.2) is 14.8 Å². The van der Waals surface area contributed by atoms with Gasteiger partial charge in [0.25, 0.3) is 0 Å². The van der Waals surface area contributed by atoms with Crippen molar-refractivity contribution in [3.8, 4) is 17.1 Å². The van der Waals surface area contributed by atoms with Crippen molar-refractivity contribution in [2.75, 3.05) is 26.3 Å². The first-order chi connectivity index (χ1) is 14.8. The molecule has 0 saturated carbocycles. The summed E-state index contributed by atoms with van der Waals surface area (Å²) in [6.07, 6.45) is 2.97. The fraction of sp³-hybridized carbons (Fsp3) is 0.391. The monoisotopic (exact) mass is 455 g/mol. The number of urea groups is 1. The number of aromatic nitrogens is 3. The number of hydrogen-bond acceptors (Lipinski definition) is 6. The summed E-state index contributed by atoms with van der Waals surface area (Å²) in [7, 11) is 0. The zero-order valence-corrected chi connectivity index (χ0v) is 19.5. The molecule has 0 spiro atoms. The van der Waals surface area contributed by atoms with Crippen LogP contribution in [0.3, 0.4) is 0 Å². The van der Waals surface area contributed by atoms with Gasteiger partial charge in [-0.05, 0) is 17.0 Å². The standard InChI is InChI=1S/C23H27N5O3.H2S/c1-23(2,3)16-6-4-15(5-7-16)18-12-19-20(26-9-8-25-19)21(27-18)31-14-17-13-28(22(24)29)10-11-30-17;/h4-9,12,17H,10-11,13-14H2,1-3H3,(H2,24,29);1H2/t17-;/m0./s1. The fourth-order valence-corrected chi connectivity index (χ4v) is 3.53. The van der Waals surface area contributed by atoms with Gasteiger partial charge in [-0.15, -0.1) is 0 Å². The molecule has 32 heavy (non-hydrogen) atoms. The largest absolute Gasteiger partial charge is 0.473 e. The smallest absolute Gasteiger partial charge is 0.314 e. The lowest BCUT2D eigenvalue weighted by Crippen LogP contribution is -2.49. The summed E-state index contributed by atoms with van der Waals surface area (Å²) in [5.41, 5.74) is 9.73. The highest BCUT2D eigenvalue weighted by molar-refractivity contribution is 7.59. The van der Waals surface area contributed by atoms with E-state index in [4.69, 9.17) is 20.2 Å². The number of ether oxygens (including phenoxy) is 2. The molecular weight excluding hydrogens is 426 g/mol. The van der Waals surface area contributed by atoms with Gasteiger partial charge in [0.1, 0.15) is 12.7 Å². The summed E-state index contributed by atoms with van der Waals surface area (Å²) in [4.78, 5) is 26.6. The third kappa shape index (κ3) is 5.28. The van der Waals surface area contributed by atoms with Gasteiger partial charge in [0.15, 0.2) is 5.52 Å². The number of hydrogen-bond donors (Lipinski definition) is 1. The molecular formula is C23H29N5O3S. The lowest BCUT2D eigenvalue weighted by molar-refractivity contribution is -0.0346. The second-order valence-corrected chi connectivity index (χ2v) is 8.65. The molecule has 2 aromatic heterocycles. The summed E-state index contributed by atoms with van der Waals surface area (Å²) < 4.78 is 11.7. The molecule has 0 radical (unpaired) electrons. The van der Waals surface area contributed by atoms with Crippen molar-refractivity contribution in [2.24, 2.45) is 5.73 Å². The van der Waals surface area contributed by atoms with Crippen LogP contribution < -0.4 is 10.5 Å². The molecule has 0 aliphatic carbocycles. The molecule has 1 aromatic carbocycles. The number of morpholine rings is 1. The van der Waals surface area contributed by atoms with Crippen molar-refractivity contribution in [3.05, 3.63) is 48.3 Å². The number of nitrogens with zero attached hydrogens (tertiary/aromatic N) is 4. The Morgan fingerprint density at radius 1 is 1.22 bits per heavy atom. The van der Waals surface area contributed by atoms with E-state index in [1.165, 1.54) is 5.56 Å². The van der Waals surface area contributed by atoms with E-state index in [2.05, 4.69) is 55.0 Å². The average Bonchev–Trinajstić information content (AvgIpc) is 2.77. The highest BCUT2D eigenvalue weighted by atomic mass is 32.1. The fourth-order valence-electron chi connectivity index (χ4n) is 3.53.